The molecule has 1 aromatic rings. The number of likely N-dealkylation sites (tertiary alicyclic amines) is 1. The van der Waals surface area contributed by atoms with Gasteiger partial charge in [-0.05, 0) is 43.7 Å². The quantitative estimate of drug-likeness (QED) is 0.862. The Kier molecular flexibility index (Phi) is 5.00. The van der Waals surface area contributed by atoms with Crippen LogP contribution in [0.15, 0.2) is 30.3 Å². The van der Waals surface area contributed by atoms with E-state index in [2.05, 4.69) is 5.32 Å². The first-order valence-corrected chi connectivity index (χ1v) is 6.96. The predicted molar refractivity (Wildman–Crippen MR) is 79.1 cm³/mol. The summed E-state index contributed by atoms with van der Waals surface area (Å²) in [5, 5.41) is 3.94. The largest absolute Gasteiger partial charge is 0.338 e. The minimum Gasteiger partial charge on any atom is -0.338 e. The number of hydrogen-bond acceptors (Lipinski definition) is 2. The Morgan fingerprint density at radius 1 is 1.42 bits per heavy atom. The van der Waals surface area contributed by atoms with Crippen LogP contribution >= 0.6 is 11.6 Å². The zero-order chi connectivity index (χ0) is 13.7. The molecule has 0 bridgehead atoms. The van der Waals surface area contributed by atoms with E-state index in [0.29, 0.717) is 11.1 Å². The van der Waals surface area contributed by atoms with E-state index >= 15 is 0 Å². The van der Waals surface area contributed by atoms with Crippen LogP contribution in [0.2, 0.25) is 5.02 Å². The first-order chi connectivity index (χ1) is 9.19. The fourth-order valence-electron chi connectivity index (χ4n) is 2.26. The van der Waals surface area contributed by atoms with Gasteiger partial charge in [-0.2, -0.15) is 0 Å². The van der Waals surface area contributed by atoms with Crippen molar-refractivity contribution in [3.63, 3.8) is 0 Å². The maximum atomic E-state index is 12.1. The van der Waals surface area contributed by atoms with Crippen LogP contribution in [-0.4, -0.2) is 37.0 Å². The van der Waals surface area contributed by atoms with Crippen LogP contribution in [0.4, 0.5) is 0 Å². The van der Waals surface area contributed by atoms with Gasteiger partial charge >= 0.3 is 0 Å². The monoisotopic (exact) mass is 278 g/mol. The number of piperidine rings is 1. The van der Waals surface area contributed by atoms with E-state index in [4.69, 9.17) is 11.6 Å². The Hall–Kier alpha value is -1.32. The number of hydrogen-bond donors (Lipinski definition) is 1. The summed E-state index contributed by atoms with van der Waals surface area (Å²) < 4.78 is 0. The Morgan fingerprint density at radius 2 is 2.16 bits per heavy atom. The molecule has 4 heteroatoms. The molecule has 1 heterocycles. The highest BCUT2D eigenvalue weighted by Gasteiger charge is 2.20. The van der Waals surface area contributed by atoms with Gasteiger partial charge in [0.05, 0.1) is 0 Å². The van der Waals surface area contributed by atoms with Crippen molar-refractivity contribution in [2.24, 2.45) is 0 Å². The standard InChI is InChI=1S/C15H19ClN2O/c1-17-14-3-2-10-18(11-14)15(19)9-6-12-4-7-13(16)8-5-12/h4-9,14,17H,2-3,10-11H2,1H3/b9-6-/t14-/m1/s1. The van der Waals surface area contributed by atoms with Gasteiger partial charge in [-0.15, -0.1) is 0 Å². The minimum absolute atomic E-state index is 0.0786. The summed E-state index contributed by atoms with van der Waals surface area (Å²) in [7, 11) is 1.95. The molecule has 0 aromatic heterocycles. The molecule has 1 aliphatic rings. The van der Waals surface area contributed by atoms with Crippen molar-refractivity contribution >= 4 is 23.6 Å². The molecule has 3 nitrogen and oxygen atoms in total. The highest BCUT2D eigenvalue weighted by Crippen LogP contribution is 2.13. The first-order valence-electron chi connectivity index (χ1n) is 6.59. The van der Waals surface area contributed by atoms with Gasteiger partial charge in [-0.25, -0.2) is 0 Å². The van der Waals surface area contributed by atoms with Crippen molar-refractivity contribution in [3.8, 4) is 0 Å². The van der Waals surface area contributed by atoms with E-state index in [1.165, 1.54) is 0 Å². The minimum atomic E-state index is 0.0786. The maximum absolute atomic E-state index is 12.1. The smallest absolute Gasteiger partial charge is 0.246 e. The molecule has 1 fully saturated rings. The molecule has 2 rings (SSSR count). The molecule has 0 saturated carbocycles. The lowest BCUT2D eigenvalue weighted by Crippen LogP contribution is -2.46. The van der Waals surface area contributed by atoms with E-state index in [9.17, 15) is 4.79 Å². The Morgan fingerprint density at radius 3 is 2.84 bits per heavy atom. The summed E-state index contributed by atoms with van der Waals surface area (Å²) >= 11 is 5.82. The molecule has 1 saturated heterocycles. The van der Waals surface area contributed by atoms with Gasteiger partial charge in [-0.3, -0.25) is 4.79 Å². The average molecular weight is 279 g/mol. The van der Waals surface area contributed by atoms with E-state index in [0.717, 1.165) is 31.5 Å². The molecule has 1 N–H and O–H groups in total. The molecule has 0 spiro atoms. The number of nitrogens with one attached hydrogen (secondary N) is 1. The highest BCUT2D eigenvalue weighted by atomic mass is 35.5. The third-order valence-electron chi connectivity index (χ3n) is 3.43. The molecule has 0 radical (unpaired) electrons. The number of rotatable bonds is 3. The van der Waals surface area contributed by atoms with Crippen LogP contribution in [0.25, 0.3) is 6.08 Å². The highest BCUT2D eigenvalue weighted by molar-refractivity contribution is 6.30. The number of benzene rings is 1. The zero-order valence-corrected chi connectivity index (χ0v) is 11.9. The topological polar surface area (TPSA) is 32.3 Å². The van der Waals surface area contributed by atoms with Gasteiger partial charge in [0.15, 0.2) is 0 Å². The fourth-order valence-corrected chi connectivity index (χ4v) is 2.39. The summed E-state index contributed by atoms with van der Waals surface area (Å²) in [6.07, 6.45) is 5.68. The van der Waals surface area contributed by atoms with E-state index in [1.54, 1.807) is 6.08 Å². The second kappa shape index (κ2) is 6.73. The van der Waals surface area contributed by atoms with Gasteiger partial charge in [0, 0.05) is 30.2 Å². The lowest BCUT2D eigenvalue weighted by Gasteiger charge is -2.31. The first kappa shape index (κ1) is 14.1. The molecular weight excluding hydrogens is 260 g/mol. The number of halogens is 1. The van der Waals surface area contributed by atoms with Gasteiger partial charge in [0.25, 0.3) is 0 Å². The van der Waals surface area contributed by atoms with Crippen LogP contribution < -0.4 is 5.32 Å². The zero-order valence-electron chi connectivity index (χ0n) is 11.1. The second-order valence-corrected chi connectivity index (χ2v) is 5.23. The van der Waals surface area contributed by atoms with Gasteiger partial charge < -0.3 is 10.2 Å². The number of nitrogens with zero attached hydrogens (tertiary/aromatic N) is 1. The molecule has 1 amide bonds. The fraction of sp³-hybridized carbons (Fsp3) is 0.400. The molecule has 1 aliphatic heterocycles. The number of amides is 1. The lowest BCUT2D eigenvalue weighted by atomic mass is 10.1. The summed E-state index contributed by atoms with van der Waals surface area (Å²) in [6, 6.07) is 7.87. The van der Waals surface area contributed by atoms with Crippen LogP contribution in [0.5, 0.6) is 0 Å². The number of likely N-dealkylation sites (N-methyl/N-ethyl adjacent to an activating group) is 1. The van der Waals surface area contributed by atoms with Crippen molar-refractivity contribution in [2.75, 3.05) is 20.1 Å². The predicted octanol–water partition coefficient (Wildman–Crippen LogP) is 2.56. The van der Waals surface area contributed by atoms with Crippen LogP contribution in [-0.2, 0) is 4.79 Å². The molecule has 1 atom stereocenters. The Bertz CT molecular complexity index is 456. The van der Waals surface area contributed by atoms with Crippen LogP contribution in [0, 0.1) is 0 Å². The molecule has 0 aliphatic carbocycles. The molecular formula is C15H19ClN2O. The third-order valence-corrected chi connectivity index (χ3v) is 3.68. The summed E-state index contributed by atoms with van der Waals surface area (Å²) in [4.78, 5) is 14.0. The Balaban J connectivity index is 1.94. The van der Waals surface area contributed by atoms with Gasteiger partial charge in [0.2, 0.25) is 5.91 Å². The van der Waals surface area contributed by atoms with E-state index in [-0.39, 0.29) is 5.91 Å². The molecule has 19 heavy (non-hydrogen) atoms. The molecule has 0 unspecified atom stereocenters. The van der Waals surface area contributed by atoms with Crippen LogP contribution in [0.3, 0.4) is 0 Å². The maximum Gasteiger partial charge on any atom is 0.246 e. The van der Waals surface area contributed by atoms with Crippen LogP contribution in [0.1, 0.15) is 18.4 Å². The average Bonchev–Trinajstić information content (AvgIpc) is 2.46. The summed E-state index contributed by atoms with van der Waals surface area (Å²) in [5.41, 5.74) is 0.986. The van der Waals surface area contributed by atoms with Crippen molar-refractivity contribution in [1.29, 1.82) is 0 Å². The summed E-state index contributed by atoms with van der Waals surface area (Å²) in [6.45, 7) is 1.64. The van der Waals surface area contributed by atoms with Crippen molar-refractivity contribution in [3.05, 3.63) is 40.9 Å². The normalized spacial score (nSPS) is 19.9. The lowest BCUT2D eigenvalue weighted by molar-refractivity contribution is -0.127. The number of carbonyl (C=O) groups excluding carboxylic acids is 1. The SMILES string of the molecule is CN[C@@H]1CCCN(C(=O)/C=C\c2ccc(Cl)cc2)C1. The molecule has 102 valence electrons. The summed E-state index contributed by atoms with van der Waals surface area (Å²) in [5.74, 6) is 0.0786. The van der Waals surface area contributed by atoms with Crippen molar-refractivity contribution in [1.82, 2.24) is 10.2 Å². The van der Waals surface area contributed by atoms with E-state index in [1.807, 2.05) is 42.3 Å². The third kappa shape index (κ3) is 4.08. The number of carbonyl (C=O) groups is 1. The molecule has 1 aromatic carbocycles. The Labute approximate surface area is 119 Å². The second-order valence-electron chi connectivity index (χ2n) is 4.80. The van der Waals surface area contributed by atoms with E-state index < -0.39 is 0 Å². The van der Waals surface area contributed by atoms with Crippen molar-refractivity contribution in [2.45, 2.75) is 18.9 Å². The van der Waals surface area contributed by atoms with Crippen molar-refractivity contribution < 1.29 is 4.79 Å². The van der Waals surface area contributed by atoms with Gasteiger partial charge in [-0.1, -0.05) is 23.7 Å². The van der Waals surface area contributed by atoms with Gasteiger partial charge in [0.1, 0.15) is 0 Å².